The van der Waals surface area contributed by atoms with Crippen LogP contribution >= 0.6 is 22.6 Å². The lowest BCUT2D eigenvalue weighted by atomic mass is 10.0. The van der Waals surface area contributed by atoms with Crippen LogP contribution in [0, 0.1) is 0 Å². The zero-order chi connectivity index (χ0) is 18.0. The summed E-state index contributed by atoms with van der Waals surface area (Å²) in [5.74, 6) is -0.680. The fraction of sp³-hybridized carbons (Fsp3) is 0.167. The number of hydrogen-bond donors (Lipinski definition) is 2. The maximum atomic E-state index is 11.2. The Morgan fingerprint density at radius 1 is 1.20 bits per heavy atom. The zero-order valence-electron chi connectivity index (χ0n) is 13.7. The molecule has 0 fully saturated rings. The maximum absolute atomic E-state index is 11.2. The van der Waals surface area contributed by atoms with Gasteiger partial charge in [0.05, 0.1) is 5.56 Å². The van der Waals surface area contributed by atoms with Gasteiger partial charge in [0.2, 0.25) is 12.2 Å². The molecule has 0 saturated carbocycles. The van der Waals surface area contributed by atoms with E-state index in [1.807, 2.05) is 12.1 Å². The number of aromatic nitrogens is 2. The Labute approximate surface area is 158 Å². The first-order chi connectivity index (χ1) is 11.8. The van der Waals surface area contributed by atoms with Gasteiger partial charge in [-0.05, 0) is 49.7 Å². The maximum Gasteiger partial charge on any atom is 0.335 e. The third-order valence-corrected chi connectivity index (χ3v) is 4.34. The van der Waals surface area contributed by atoms with Crippen LogP contribution in [0.2, 0.25) is 0 Å². The molecular formula is C18H16IN3O3. The molecule has 25 heavy (non-hydrogen) atoms. The molecule has 3 aromatic rings. The SMILES string of the molecule is CC(C)(I)c1ccc(Nc2ccc(C(=O)O)cc2-c2ncon2)cc1. The van der Waals surface area contributed by atoms with Gasteiger partial charge >= 0.3 is 5.97 Å². The van der Waals surface area contributed by atoms with E-state index in [0.29, 0.717) is 17.1 Å². The van der Waals surface area contributed by atoms with Crippen LogP contribution in [-0.2, 0) is 3.42 Å². The summed E-state index contributed by atoms with van der Waals surface area (Å²) in [5, 5.41) is 16.3. The molecule has 0 amide bonds. The Hall–Kier alpha value is -2.42. The molecule has 0 unspecified atom stereocenters. The molecule has 0 aliphatic carbocycles. The highest BCUT2D eigenvalue weighted by molar-refractivity contribution is 14.1. The fourth-order valence-corrected chi connectivity index (χ4v) is 2.73. The van der Waals surface area contributed by atoms with Crippen LogP contribution < -0.4 is 5.32 Å². The van der Waals surface area contributed by atoms with Crippen molar-refractivity contribution in [2.45, 2.75) is 17.3 Å². The van der Waals surface area contributed by atoms with E-state index in [0.717, 1.165) is 5.69 Å². The van der Waals surface area contributed by atoms with E-state index in [1.165, 1.54) is 24.1 Å². The number of carboxylic acid groups (broad SMARTS) is 1. The van der Waals surface area contributed by atoms with Crippen molar-refractivity contribution in [3.63, 3.8) is 0 Å². The summed E-state index contributed by atoms with van der Waals surface area (Å²) in [7, 11) is 0. The Kier molecular flexibility index (Phi) is 4.76. The van der Waals surface area contributed by atoms with E-state index < -0.39 is 5.97 Å². The predicted molar refractivity (Wildman–Crippen MR) is 103 cm³/mol. The van der Waals surface area contributed by atoms with Crippen LogP contribution in [-0.4, -0.2) is 21.2 Å². The monoisotopic (exact) mass is 449 g/mol. The number of rotatable bonds is 5. The molecule has 1 heterocycles. The number of hydrogen-bond acceptors (Lipinski definition) is 5. The lowest BCUT2D eigenvalue weighted by molar-refractivity contribution is 0.0697. The summed E-state index contributed by atoms with van der Waals surface area (Å²) in [6.45, 7) is 4.30. The second-order valence-corrected chi connectivity index (χ2v) is 8.69. The molecule has 0 radical (unpaired) electrons. The Morgan fingerprint density at radius 3 is 2.48 bits per heavy atom. The highest BCUT2D eigenvalue weighted by Crippen LogP contribution is 2.33. The van der Waals surface area contributed by atoms with Crippen LogP contribution in [0.15, 0.2) is 53.4 Å². The van der Waals surface area contributed by atoms with Crippen molar-refractivity contribution >= 4 is 39.9 Å². The molecule has 3 rings (SSSR count). The van der Waals surface area contributed by atoms with E-state index in [1.54, 1.807) is 6.07 Å². The van der Waals surface area contributed by atoms with Crippen molar-refractivity contribution in [1.82, 2.24) is 10.1 Å². The summed E-state index contributed by atoms with van der Waals surface area (Å²) in [6.07, 6.45) is 1.21. The highest BCUT2D eigenvalue weighted by Gasteiger charge is 2.16. The van der Waals surface area contributed by atoms with Crippen LogP contribution in [0.4, 0.5) is 11.4 Å². The van der Waals surface area contributed by atoms with Crippen LogP contribution in [0.5, 0.6) is 0 Å². The normalized spacial score (nSPS) is 11.3. The van der Waals surface area contributed by atoms with Gasteiger partial charge in [-0.1, -0.05) is 39.9 Å². The van der Waals surface area contributed by atoms with E-state index in [9.17, 15) is 9.90 Å². The lowest BCUT2D eigenvalue weighted by Gasteiger charge is -2.18. The second kappa shape index (κ2) is 6.83. The van der Waals surface area contributed by atoms with Crippen molar-refractivity contribution in [3.8, 4) is 11.4 Å². The third-order valence-electron chi connectivity index (χ3n) is 3.72. The minimum atomic E-state index is -1.01. The number of carbonyl (C=O) groups is 1. The van der Waals surface area contributed by atoms with Gasteiger partial charge in [-0.25, -0.2) is 4.79 Å². The first-order valence-electron chi connectivity index (χ1n) is 7.55. The smallest absolute Gasteiger partial charge is 0.335 e. The van der Waals surface area contributed by atoms with Crippen molar-refractivity contribution < 1.29 is 14.4 Å². The topological polar surface area (TPSA) is 88.2 Å². The minimum Gasteiger partial charge on any atom is -0.478 e. The molecule has 1 aromatic heterocycles. The number of benzene rings is 2. The van der Waals surface area contributed by atoms with Gasteiger partial charge in [0.25, 0.3) is 0 Å². The molecule has 0 atom stereocenters. The zero-order valence-corrected chi connectivity index (χ0v) is 15.8. The van der Waals surface area contributed by atoms with Gasteiger partial charge in [0, 0.05) is 20.4 Å². The Morgan fingerprint density at radius 2 is 1.92 bits per heavy atom. The molecule has 0 aliphatic rings. The average Bonchev–Trinajstić information content (AvgIpc) is 3.09. The van der Waals surface area contributed by atoms with Crippen molar-refractivity contribution in [3.05, 3.63) is 60.0 Å². The fourth-order valence-electron chi connectivity index (χ4n) is 2.37. The number of aromatic carboxylic acids is 1. The van der Waals surface area contributed by atoms with Gasteiger partial charge in [0.15, 0.2) is 0 Å². The van der Waals surface area contributed by atoms with E-state index >= 15 is 0 Å². The molecular weight excluding hydrogens is 433 g/mol. The largest absolute Gasteiger partial charge is 0.478 e. The van der Waals surface area contributed by atoms with E-state index in [2.05, 4.69) is 64.0 Å². The predicted octanol–water partition coefficient (Wildman–Crippen LogP) is 4.85. The Balaban J connectivity index is 1.96. The number of nitrogens with one attached hydrogen (secondary N) is 1. The van der Waals surface area contributed by atoms with E-state index in [4.69, 9.17) is 4.52 Å². The highest BCUT2D eigenvalue weighted by atomic mass is 127. The van der Waals surface area contributed by atoms with Gasteiger partial charge in [-0.3, -0.25) is 0 Å². The molecule has 6 nitrogen and oxygen atoms in total. The first-order valence-corrected chi connectivity index (χ1v) is 8.63. The molecule has 128 valence electrons. The summed E-state index contributed by atoms with van der Waals surface area (Å²) < 4.78 is 4.84. The van der Waals surface area contributed by atoms with Gasteiger partial charge < -0.3 is 14.9 Å². The van der Waals surface area contributed by atoms with Gasteiger partial charge in [-0.2, -0.15) is 4.98 Å². The van der Waals surface area contributed by atoms with Gasteiger partial charge in [0.1, 0.15) is 0 Å². The number of halogens is 1. The number of anilines is 2. The molecule has 0 saturated heterocycles. The first kappa shape index (κ1) is 17.4. The van der Waals surface area contributed by atoms with Crippen LogP contribution in [0.25, 0.3) is 11.4 Å². The summed E-state index contributed by atoms with van der Waals surface area (Å²) in [6, 6.07) is 12.9. The molecule has 2 aromatic carbocycles. The number of carboxylic acids is 1. The van der Waals surface area contributed by atoms with Crippen molar-refractivity contribution in [2.75, 3.05) is 5.32 Å². The van der Waals surface area contributed by atoms with Crippen molar-refractivity contribution in [1.29, 1.82) is 0 Å². The minimum absolute atomic E-state index is 0.0508. The molecule has 0 bridgehead atoms. The molecule has 7 heteroatoms. The molecule has 2 N–H and O–H groups in total. The quantitative estimate of drug-likeness (QED) is 0.428. The van der Waals surface area contributed by atoms with Crippen molar-refractivity contribution in [2.24, 2.45) is 0 Å². The molecule has 0 spiro atoms. The summed E-state index contributed by atoms with van der Waals surface area (Å²) in [4.78, 5) is 15.3. The lowest BCUT2D eigenvalue weighted by Crippen LogP contribution is -2.06. The third kappa shape index (κ3) is 3.98. The van der Waals surface area contributed by atoms with Gasteiger partial charge in [-0.15, -0.1) is 0 Å². The summed E-state index contributed by atoms with van der Waals surface area (Å²) in [5.41, 5.74) is 3.53. The second-order valence-electron chi connectivity index (χ2n) is 6.00. The van der Waals surface area contributed by atoms with E-state index in [-0.39, 0.29) is 8.99 Å². The standard InChI is InChI=1S/C18H16IN3O3/c1-18(2,19)12-4-6-13(7-5-12)21-15-8-3-11(17(23)24)9-14(15)16-20-10-25-22-16/h3-10,21H,1-2H3,(H,23,24). The van der Waals surface area contributed by atoms with Crippen LogP contribution in [0.3, 0.4) is 0 Å². The Bertz CT molecular complexity index is 885. The van der Waals surface area contributed by atoms with Crippen LogP contribution in [0.1, 0.15) is 29.8 Å². The average molecular weight is 449 g/mol. The summed E-state index contributed by atoms with van der Waals surface area (Å²) >= 11 is 2.40. The number of alkyl halides is 1. The number of nitrogens with zero attached hydrogens (tertiary/aromatic N) is 2. The molecule has 0 aliphatic heterocycles.